The first kappa shape index (κ1) is 24.1. The second kappa shape index (κ2) is 10.9. The third-order valence-electron chi connectivity index (χ3n) is 7.03. The molecule has 8 nitrogen and oxygen atoms in total. The summed E-state index contributed by atoms with van der Waals surface area (Å²) >= 11 is 0. The predicted octanol–water partition coefficient (Wildman–Crippen LogP) is 4.71. The molecule has 0 unspecified atom stereocenters. The van der Waals surface area contributed by atoms with Crippen LogP contribution in [-0.4, -0.2) is 52.5 Å². The topological polar surface area (TPSA) is 82.9 Å². The Morgan fingerprint density at radius 2 is 1.82 bits per heavy atom. The van der Waals surface area contributed by atoms with E-state index in [0.29, 0.717) is 13.0 Å². The Morgan fingerprint density at radius 3 is 2.53 bits per heavy atom. The van der Waals surface area contributed by atoms with E-state index in [0.717, 1.165) is 48.3 Å². The summed E-state index contributed by atoms with van der Waals surface area (Å²) in [6.45, 7) is 2.40. The standard InChI is InChI=1S/C26H35N3O5/c1-4-32-25(30)19-11-14-22(15-19)34-21-12-9-18(10-13-21)23-16-27-29(3)24(23)17-33-26(31)28(2)20-7-5-6-8-20/h9-10,12-13,16,19-20,22H,4-8,11,14-15,17H2,1-3H3/t19-,22-/m1/s1. The molecule has 0 spiro atoms. The van der Waals surface area contributed by atoms with E-state index in [1.807, 2.05) is 45.3 Å². The van der Waals surface area contributed by atoms with Crippen LogP contribution in [0.5, 0.6) is 5.75 Å². The lowest BCUT2D eigenvalue weighted by molar-refractivity contribution is -0.147. The molecule has 1 aromatic heterocycles. The van der Waals surface area contributed by atoms with Gasteiger partial charge < -0.3 is 19.1 Å². The molecule has 2 aliphatic rings. The van der Waals surface area contributed by atoms with E-state index >= 15 is 0 Å². The molecule has 184 valence electrons. The number of rotatable bonds is 8. The van der Waals surface area contributed by atoms with Crippen LogP contribution in [0.4, 0.5) is 4.79 Å². The van der Waals surface area contributed by atoms with Gasteiger partial charge in [-0.3, -0.25) is 9.48 Å². The number of esters is 1. The van der Waals surface area contributed by atoms with Crippen LogP contribution in [0.25, 0.3) is 11.1 Å². The Kier molecular flexibility index (Phi) is 7.75. The van der Waals surface area contributed by atoms with Gasteiger partial charge in [-0.25, -0.2) is 4.79 Å². The zero-order chi connectivity index (χ0) is 24.1. The van der Waals surface area contributed by atoms with E-state index in [1.165, 1.54) is 12.8 Å². The zero-order valence-electron chi connectivity index (χ0n) is 20.4. The largest absolute Gasteiger partial charge is 0.490 e. The molecule has 1 heterocycles. The molecule has 4 rings (SSSR count). The first-order chi connectivity index (χ1) is 16.5. The van der Waals surface area contributed by atoms with Crippen molar-refractivity contribution in [1.29, 1.82) is 0 Å². The molecule has 2 aliphatic carbocycles. The second-order valence-corrected chi connectivity index (χ2v) is 9.26. The smallest absolute Gasteiger partial charge is 0.410 e. The van der Waals surface area contributed by atoms with Crippen LogP contribution in [0.3, 0.4) is 0 Å². The zero-order valence-corrected chi connectivity index (χ0v) is 20.4. The fourth-order valence-electron chi connectivity index (χ4n) is 4.97. The van der Waals surface area contributed by atoms with Crippen LogP contribution < -0.4 is 4.74 Å². The first-order valence-corrected chi connectivity index (χ1v) is 12.3. The first-order valence-electron chi connectivity index (χ1n) is 12.3. The molecule has 1 amide bonds. The number of carbonyl (C=O) groups is 2. The predicted molar refractivity (Wildman–Crippen MR) is 127 cm³/mol. The maximum Gasteiger partial charge on any atom is 0.410 e. The molecule has 8 heteroatoms. The van der Waals surface area contributed by atoms with Gasteiger partial charge in [0.25, 0.3) is 0 Å². The average Bonchev–Trinajstić information content (AvgIpc) is 3.60. The van der Waals surface area contributed by atoms with E-state index in [9.17, 15) is 9.59 Å². The number of hydrogen-bond donors (Lipinski definition) is 0. The lowest BCUT2D eigenvalue weighted by atomic mass is 10.1. The van der Waals surface area contributed by atoms with Gasteiger partial charge in [0.05, 0.1) is 30.5 Å². The van der Waals surface area contributed by atoms with Crippen molar-refractivity contribution in [1.82, 2.24) is 14.7 Å². The Morgan fingerprint density at radius 1 is 1.09 bits per heavy atom. The van der Waals surface area contributed by atoms with Crippen molar-refractivity contribution < 1.29 is 23.8 Å². The van der Waals surface area contributed by atoms with E-state index in [4.69, 9.17) is 14.2 Å². The van der Waals surface area contributed by atoms with Gasteiger partial charge >= 0.3 is 12.1 Å². The molecule has 2 fully saturated rings. The summed E-state index contributed by atoms with van der Waals surface area (Å²) in [5, 5.41) is 4.38. The molecule has 0 bridgehead atoms. The number of amides is 1. The maximum atomic E-state index is 12.5. The van der Waals surface area contributed by atoms with Crippen molar-refractivity contribution in [2.75, 3.05) is 13.7 Å². The summed E-state index contributed by atoms with van der Waals surface area (Å²) in [6, 6.07) is 8.12. The van der Waals surface area contributed by atoms with Crippen molar-refractivity contribution in [2.24, 2.45) is 13.0 Å². The minimum Gasteiger partial charge on any atom is -0.490 e. The number of aromatic nitrogens is 2. The number of hydrogen-bond acceptors (Lipinski definition) is 6. The number of benzene rings is 1. The number of ether oxygens (including phenoxy) is 3. The van der Waals surface area contributed by atoms with Crippen LogP contribution in [0.1, 0.15) is 57.6 Å². The van der Waals surface area contributed by atoms with Crippen molar-refractivity contribution in [3.05, 3.63) is 36.2 Å². The molecule has 2 aromatic rings. The highest BCUT2D eigenvalue weighted by Gasteiger charge is 2.32. The van der Waals surface area contributed by atoms with E-state index in [1.54, 1.807) is 15.8 Å². The molecule has 34 heavy (non-hydrogen) atoms. The highest BCUT2D eigenvalue weighted by Crippen LogP contribution is 2.32. The van der Waals surface area contributed by atoms with Gasteiger partial charge in [0.15, 0.2) is 0 Å². The van der Waals surface area contributed by atoms with Crippen molar-refractivity contribution in [3.63, 3.8) is 0 Å². The van der Waals surface area contributed by atoms with Crippen molar-refractivity contribution >= 4 is 12.1 Å². The van der Waals surface area contributed by atoms with Crippen LogP contribution in [0.2, 0.25) is 0 Å². The second-order valence-electron chi connectivity index (χ2n) is 9.26. The van der Waals surface area contributed by atoms with E-state index < -0.39 is 0 Å². The van der Waals surface area contributed by atoms with Gasteiger partial charge in [0, 0.05) is 25.7 Å². The van der Waals surface area contributed by atoms with Gasteiger partial charge in [0.2, 0.25) is 0 Å². The summed E-state index contributed by atoms with van der Waals surface area (Å²) in [5.74, 6) is 0.578. The lowest BCUT2D eigenvalue weighted by Gasteiger charge is -2.23. The van der Waals surface area contributed by atoms with Crippen molar-refractivity contribution in [3.8, 4) is 16.9 Å². The van der Waals surface area contributed by atoms with E-state index in [2.05, 4.69) is 5.10 Å². The normalized spacial score (nSPS) is 20.3. The Balaban J connectivity index is 1.35. The highest BCUT2D eigenvalue weighted by molar-refractivity contribution is 5.73. The molecule has 0 radical (unpaired) electrons. The van der Waals surface area contributed by atoms with Crippen LogP contribution in [0, 0.1) is 5.92 Å². The highest BCUT2D eigenvalue weighted by atomic mass is 16.6. The van der Waals surface area contributed by atoms with Gasteiger partial charge in [-0.15, -0.1) is 0 Å². The summed E-state index contributed by atoms with van der Waals surface area (Å²) in [5.41, 5.74) is 2.75. The Labute approximate surface area is 201 Å². The van der Waals surface area contributed by atoms with E-state index in [-0.39, 0.29) is 36.7 Å². The monoisotopic (exact) mass is 469 g/mol. The number of aryl methyl sites for hydroxylation is 1. The van der Waals surface area contributed by atoms with Crippen LogP contribution >= 0.6 is 0 Å². The maximum absolute atomic E-state index is 12.5. The Hall–Kier alpha value is -3.03. The van der Waals surface area contributed by atoms with Gasteiger partial charge in [0.1, 0.15) is 12.4 Å². The number of carbonyl (C=O) groups excluding carboxylic acids is 2. The number of nitrogens with zero attached hydrogens (tertiary/aromatic N) is 3. The third-order valence-corrected chi connectivity index (χ3v) is 7.03. The third kappa shape index (κ3) is 5.54. The van der Waals surface area contributed by atoms with Gasteiger partial charge in [-0.05, 0) is 56.7 Å². The molecule has 0 saturated heterocycles. The minimum atomic E-state index is -0.291. The van der Waals surface area contributed by atoms with Crippen molar-refractivity contribution in [2.45, 2.75) is 70.6 Å². The molecular formula is C26H35N3O5. The lowest BCUT2D eigenvalue weighted by Crippen LogP contribution is -2.35. The minimum absolute atomic E-state index is 0.0190. The molecule has 2 atom stereocenters. The molecule has 0 aliphatic heterocycles. The SMILES string of the molecule is CCOC(=O)[C@@H]1CC[C@@H](Oc2ccc(-c3cnn(C)c3COC(=O)N(C)C3CCCC3)cc2)C1. The summed E-state index contributed by atoms with van der Waals surface area (Å²) < 4.78 is 18.6. The molecule has 2 saturated carbocycles. The summed E-state index contributed by atoms with van der Waals surface area (Å²) in [6.07, 6.45) is 8.28. The average molecular weight is 470 g/mol. The van der Waals surface area contributed by atoms with Gasteiger partial charge in [-0.1, -0.05) is 25.0 Å². The molecular weight excluding hydrogens is 434 g/mol. The summed E-state index contributed by atoms with van der Waals surface area (Å²) in [4.78, 5) is 26.2. The quantitative estimate of drug-likeness (QED) is 0.521. The van der Waals surface area contributed by atoms with Crippen LogP contribution in [-0.2, 0) is 27.9 Å². The van der Waals surface area contributed by atoms with Crippen LogP contribution in [0.15, 0.2) is 30.5 Å². The fraction of sp³-hybridized carbons (Fsp3) is 0.577. The molecule has 0 N–H and O–H groups in total. The summed E-state index contributed by atoms with van der Waals surface area (Å²) in [7, 11) is 3.67. The van der Waals surface area contributed by atoms with Gasteiger partial charge in [-0.2, -0.15) is 5.10 Å². The fourth-order valence-corrected chi connectivity index (χ4v) is 4.97. The molecule has 1 aromatic carbocycles. The Bertz CT molecular complexity index is 981.